The molecule has 2 rings (SSSR count). The van der Waals surface area contributed by atoms with Gasteiger partial charge in [-0.1, -0.05) is 50.8 Å². The van der Waals surface area contributed by atoms with Gasteiger partial charge < -0.3 is 5.32 Å². The van der Waals surface area contributed by atoms with E-state index in [1.165, 1.54) is 62.3 Å². The Kier molecular flexibility index (Phi) is 5.40. The second kappa shape index (κ2) is 6.83. The zero-order valence-corrected chi connectivity index (χ0v) is 12.8. The average Bonchev–Trinajstić information content (AvgIpc) is 2.40. The lowest BCUT2D eigenvalue weighted by Crippen LogP contribution is -2.48. The molecule has 0 aromatic carbocycles. The van der Waals surface area contributed by atoms with Gasteiger partial charge in [-0.15, -0.1) is 0 Å². The van der Waals surface area contributed by atoms with E-state index >= 15 is 0 Å². The fourth-order valence-electron chi connectivity index (χ4n) is 2.90. The summed E-state index contributed by atoms with van der Waals surface area (Å²) in [6.07, 6.45) is 11.0. The van der Waals surface area contributed by atoms with E-state index in [0.717, 1.165) is 12.5 Å². The highest BCUT2D eigenvalue weighted by atomic mass is 32.2. The van der Waals surface area contributed by atoms with E-state index < -0.39 is 0 Å². The molecule has 0 amide bonds. The molecule has 1 saturated heterocycles. The van der Waals surface area contributed by atoms with Crippen LogP contribution in [0.4, 0.5) is 0 Å². The maximum atomic E-state index is 4.79. The van der Waals surface area contributed by atoms with Gasteiger partial charge in [0, 0.05) is 17.8 Å². The van der Waals surface area contributed by atoms with Crippen molar-refractivity contribution in [1.29, 1.82) is 0 Å². The van der Waals surface area contributed by atoms with Crippen molar-refractivity contribution in [1.82, 2.24) is 5.32 Å². The molecule has 1 aliphatic carbocycles. The van der Waals surface area contributed by atoms with E-state index in [1.807, 2.05) is 11.8 Å². The molecule has 2 aliphatic rings. The van der Waals surface area contributed by atoms with Gasteiger partial charge in [0.25, 0.3) is 0 Å². The predicted octanol–water partition coefficient (Wildman–Crippen LogP) is 4.21. The first kappa shape index (κ1) is 14.2. The van der Waals surface area contributed by atoms with Crippen LogP contribution < -0.4 is 5.32 Å². The molecule has 0 bridgehead atoms. The Morgan fingerprint density at radius 1 is 1.33 bits per heavy atom. The van der Waals surface area contributed by atoms with Crippen molar-refractivity contribution in [3.05, 3.63) is 0 Å². The van der Waals surface area contributed by atoms with Crippen molar-refractivity contribution in [3.8, 4) is 0 Å². The van der Waals surface area contributed by atoms with E-state index in [9.17, 15) is 0 Å². The van der Waals surface area contributed by atoms with Crippen LogP contribution in [0.1, 0.15) is 65.2 Å². The van der Waals surface area contributed by atoms with Gasteiger partial charge >= 0.3 is 0 Å². The highest BCUT2D eigenvalue weighted by Gasteiger charge is 2.27. The van der Waals surface area contributed by atoms with Crippen LogP contribution in [0.15, 0.2) is 4.99 Å². The topological polar surface area (TPSA) is 24.4 Å². The normalized spacial score (nSPS) is 32.4. The molecule has 2 nitrogen and oxygen atoms in total. The lowest BCUT2D eigenvalue weighted by molar-refractivity contribution is 0.342. The summed E-state index contributed by atoms with van der Waals surface area (Å²) in [7, 11) is 0. The summed E-state index contributed by atoms with van der Waals surface area (Å²) in [5.41, 5.74) is 0.287. The van der Waals surface area contributed by atoms with Gasteiger partial charge in [0.1, 0.15) is 0 Å². The Labute approximate surface area is 116 Å². The van der Waals surface area contributed by atoms with Crippen molar-refractivity contribution in [2.75, 3.05) is 12.3 Å². The summed E-state index contributed by atoms with van der Waals surface area (Å²) in [5, 5.41) is 4.83. The molecule has 1 heterocycles. The van der Waals surface area contributed by atoms with Gasteiger partial charge in [0.15, 0.2) is 5.17 Å². The van der Waals surface area contributed by atoms with E-state index in [0.29, 0.717) is 0 Å². The molecule has 1 atom stereocenters. The van der Waals surface area contributed by atoms with Gasteiger partial charge in [-0.3, -0.25) is 4.99 Å². The van der Waals surface area contributed by atoms with Crippen LogP contribution in [0.5, 0.6) is 0 Å². The molecule has 0 radical (unpaired) electrons. The number of rotatable bonds is 4. The number of aliphatic imine (C=N–C) groups is 1. The van der Waals surface area contributed by atoms with Gasteiger partial charge in [-0.25, -0.2) is 0 Å². The molecule has 3 heteroatoms. The van der Waals surface area contributed by atoms with Crippen LogP contribution in [-0.4, -0.2) is 23.0 Å². The molecule has 104 valence electrons. The molecular weight excluding hydrogens is 240 g/mol. The van der Waals surface area contributed by atoms with E-state index in [1.54, 1.807) is 0 Å². The Balaban J connectivity index is 1.74. The van der Waals surface area contributed by atoms with Crippen LogP contribution in [0.3, 0.4) is 0 Å². The van der Waals surface area contributed by atoms with Crippen molar-refractivity contribution in [2.45, 2.75) is 70.8 Å². The summed E-state index contributed by atoms with van der Waals surface area (Å²) in [6, 6.07) is 0. The number of thioether (sulfide) groups is 1. The lowest BCUT2D eigenvalue weighted by Gasteiger charge is -2.35. The molecular formula is C15H28N2S. The molecule has 0 aromatic rings. The Morgan fingerprint density at radius 2 is 2.11 bits per heavy atom. The van der Waals surface area contributed by atoms with Gasteiger partial charge in [-0.2, -0.15) is 0 Å². The van der Waals surface area contributed by atoms with Crippen molar-refractivity contribution in [3.63, 3.8) is 0 Å². The third kappa shape index (κ3) is 4.18. The molecule has 1 saturated carbocycles. The quantitative estimate of drug-likeness (QED) is 0.826. The summed E-state index contributed by atoms with van der Waals surface area (Å²) < 4.78 is 0. The summed E-state index contributed by atoms with van der Waals surface area (Å²) >= 11 is 1.91. The minimum Gasteiger partial charge on any atom is -0.360 e. The number of hydrogen-bond donors (Lipinski definition) is 1. The molecule has 1 aliphatic heterocycles. The highest BCUT2D eigenvalue weighted by molar-refractivity contribution is 8.13. The average molecular weight is 268 g/mol. The minimum atomic E-state index is 0.287. The van der Waals surface area contributed by atoms with E-state index in [4.69, 9.17) is 4.99 Å². The number of amidine groups is 1. The van der Waals surface area contributed by atoms with Crippen LogP contribution in [-0.2, 0) is 0 Å². The Hall–Kier alpha value is -0.180. The fraction of sp³-hybridized carbons (Fsp3) is 0.933. The standard InChI is InChI=1S/C15H28N2S/c1-3-15(2)10-12-18-14(17-15)16-11-9-13-7-5-4-6-8-13/h13H,3-12H2,1-2H3,(H,16,17). The van der Waals surface area contributed by atoms with Crippen molar-refractivity contribution < 1.29 is 0 Å². The third-order valence-corrected chi connectivity index (χ3v) is 5.51. The SMILES string of the molecule is CCC1(C)CCSC(=NCCC2CCCCC2)N1. The first-order valence-electron chi connectivity index (χ1n) is 7.67. The Bertz CT molecular complexity index is 284. The van der Waals surface area contributed by atoms with Gasteiger partial charge in [-0.05, 0) is 32.1 Å². The first-order chi connectivity index (χ1) is 8.72. The van der Waals surface area contributed by atoms with Crippen molar-refractivity contribution in [2.24, 2.45) is 10.9 Å². The van der Waals surface area contributed by atoms with Crippen LogP contribution in [0, 0.1) is 5.92 Å². The Morgan fingerprint density at radius 3 is 2.83 bits per heavy atom. The van der Waals surface area contributed by atoms with E-state index in [2.05, 4.69) is 19.2 Å². The number of nitrogens with zero attached hydrogens (tertiary/aromatic N) is 1. The molecule has 0 spiro atoms. The zero-order chi connectivity index (χ0) is 12.8. The first-order valence-corrected chi connectivity index (χ1v) is 8.66. The minimum absolute atomic E-state index is 0.287. The van der Waals surface area contributed by atoms with Crippen molar-refractivity contribution >= 4 is 16.9 Å². The molecule has 1 unspecified atom stereocenters. The smallest absolute Gasteiger partial charge is 0.156 e. The molecule has 0 aromatic heterocycles. The molecule has 1 N–H and O–H groups in total. The van der Waals surface area contributed by atoms with Crippen LogP contribution in [0.25, 0.3) is 0 Å². The zero-order valence-electron chi connectivity index (χ0n) is 12.0. The largest absolute Gasteiger partial charge is 0.360 e. The predicted molar refractivity (Wildman–Crippen MR) is 82.4 cm³/mol. The monoisotopic (exact) mass is 268 g/mol. The van der Waals surface area contributed by atoms with Gasteiger partial charge in [0.2, 0.25) is 0 Å². The maximum Gasteiger partial charge on any atom is 0.156 e. The van der Waals surface area contributed by atoms with E-state index in [-0.39, 0.29) is 5.54 Å². The number of nitrogens with one attached hydrogen (secondary N) is 1. The molecule has 18 heavy (non-hydrogen) atoms. The fourth-order valence-corrected chi connectivity index (χ4v) is 4.15. The van der Waals surface area contributed by atoms with Gasteiger partial charge in [0.05, 0.1) is 0 Å². The number of hydrogen-bond acceptors (Lipinski definition) is 2. The van der Waals surface area contributed by atoms with Crippen LogP contribution in [0.2, 0.25) is 0 Å². The third-order valence-electron chi connectivity index (χ3n) is 4.60. The summed E-state index contributed by atoms with van der Waals surface area (Å²) in [6.45, 7) is 5.62. The molecule has 2 fully saturated rings. The summed E-state index contributed by atoms with van der Waals surface area (Å²) in [4.78, 5) is 4.79. The second-order valence-electron chi connectivity index (χ2n) is 6.12. The summed E-state index contributed by atoms with van der Waals surface area (Å²) in [5.74, 6) is 2.17. The highest BCUT2D eigenvalue weighted by Crippen LogP contribution is 2.27. The lowest BCUT2D eigenvalue weighted by atomic mass is 9.87. The maximum absolute atomic E-state index is 4.79. The second-order valence-corrected chi connectivity index (χ2v) is 7.20. The van der Waals surface area contributed by atoms with Crippen LogP contribution >= 0.6 is 11.8 Å².